The van der Waals surface area contributed by atoms with E-state index in [1.54, 1.807) is 18.2 Å². The van der Waals surface area contributed by atoms with Crippen LogP contribution in [0.15, 0.2) is 36.4 Å². The molecule has 2 aromatic rings. The predicted molar refractivity (Wildman–Crippen MR) is 123 cm³/mol. The van der Waals surface area contributed by atoms with Crippen LogP contribution in [0.1, 0.15) is 17.5 Å². The molecule has 2 fully saturated rings. The predicted octanol–water partition coefficient (Wildman–Crippen LogP) is 2.74. The molecule has 2 aromatic carbocycles. The number of halogens is 2. The van der Waals surface area contributed by atoms with Crippen molar-refractivity contribution in [2.45, 2.75) is 32.7 Å². The Labute approximate surface area is 195 Å². The Morgan fingerprint density at radius 2 is 1.75 bits per heavy atom. The molecular weight excluding hydrogens is 453 g/mol. The third-order valence-electron chi connectivity index (χ3n) is 5.61. The van der Waals surface area contributed by atoms with Gasteiger partial charge in [0.05, 0.1) is 18.0 Å². The second-order valence-electron chi connectivity index (χ2n) is 8.10. The summed E-state index contributed by atoms with van der Waals surface area (Å²) < 4.78 is 0. The summed E-state index contributed by atoms with van der Waals surface area (Å²) >= 11 is 12.1. The number of carbonyl (C=O) groups excluding carboxylic acids is 3. The lowest BCUT2D eigenvalue weighted by Crippen LogP contribution is -2.72. The number of carbonyl (C=O) groups is 3. The SMILES string of the molecule is Cc1ccc(C)c(NC(=O)C2CC(=O)NC3NC(Nc4cc(Cl)cc(Cl)c4)NC(=O)C32)c1. The molecule has 168 valence electrons. The van der Waals surface area contributed by atoms with Gasteiger partial charge < -0.3 is 21.3 Å². The summed E-state index contributed by atoms with van der Waals surface area (Å²) in [7, 11) is 0. The van der Waals surface area contributed by atoms with E-state index >= 15 is 0 Å². The van der Waals surface area contributed by atoms with Crippen LogP contribution in [-0.2, 0) is 14.4 Å². The van der Waals surface area contributed by atoms with E-state index in [9.17, 15) is 14.4 Å². The number of piperidine rings is 1. The van der Waals surface area contributed by atoms with Crippen LogP contribution in [0.4, 0.5) is 11.4 Å². The number of anilines is 2. The molecule has 0 bridgehead atoms. The van der Waals surface area contributed by atoms with Gasteiger partial charge in [0, 0.05) is 27.8 Å². The fourth-order valence-corrected chi connectivity index (χ4v) is 4.58. The fraction of sp³-hybridized carbons (Fsp3) is 0.318. The monoisotopic (exact) mass is 475 g/mol. The van der Waals surface area contributed by atoms with Crippen LogP contribution < -0.4 is 26.6 Å². The van der Waals surface area contributed by atoms with Gasteiger partial charge in [-0.1, -0.05) is 35.3 Å². The molecule has 4 unspecified atom stereocenters. The van der Waals surface area contributed by atoms with Gasteiger partial charge in [0.2, 0.25) is 17.7 Å². The summed E-state index contributed by atoms with van der Waals surface area (Å²) in [5.74, 6) is -2.60. The van der Waals surface area contributed by atoms with Crippen molar-refractivity contribution in [3.63, 3.8) is 0 Å². The first-order valence-corrected chi connectivity index (χ1v) is 10.9. The third-order valence-corrected chi connectivity index (χ3v) is 6.05. The van der Waals surface area contributed by atoms with E-state index in [0.29, 0.717) is 21.4 Å². The molecule has 10 heteroatoms. The minimum absolute atomic E-state index is 0.0744. The van der Waals surface area contributed by atoms with E-state index in [-0.39, 0.29) is 24.1 Å². The van der Waals surface area contributed by atoms with Crippen molar-refractivity contribution in [2.75, 3.05) is 10.6 Å². The van der Waals surface area contributed by atoms with Crippen molar-refractivity contribution in [1.82, 2.24) is 16.0 Å². The van der Waals surface area contributed by atoms with Crippen LogP contribution in [0.5, 0.6) is 0 Å². The minimum atomic E-state index is -0.817. The Kier molecular flexibility index (Phi) is 6.28. The van der Waals surface area contributed by atoms with E-state index < -0.39 is 24.3 Å². The summed E-state index contributed by atoms with van der Waals surface area (Å²) in [6.07, 6.45) is -1.49. The topological polar surface area (TPSA) is 111 Å². The van der Waals surface area contributed by atoms with Crippen LogP contribution in [0.25, 0.3) is 0 Å². The van der Waals surface area contributed by atoms with Crippen LogP contribution >= 0.6 is 23.2 Å². The number of fused-ring (bicyclic) bond motifs is 1. The van der Waals surface area contributed by atoms with Gasteiger partial charge in [0.15, 0.2) is 6.29 Å². The first-order chi connectivity index (χ1) is 15.2. The molecule has 2 aliphatic rings. The molecule has 0 aromatic heterocycles. The summed E-state index contributed by atoms with van der Waals surface area (Å²) in [5.41, 5.74) is 3.15. The van der Waals surface area contributed by atoms with Crippen molar-refractivity contribution in [3.05, 3.63) is 57.6 Å². The molecule has 0 aliphatic carbocycles. The lowest BCUT2D eigenvalue weighted by Gasteiger charge is -2.43. The van der Waals surface area contributed by atoms with Gasteiger partial charge in [0.25, 0.3) is 0 Å². The number of amides is 3. The molecule has 0 spiro atoms. The third kappa shape index (κ3) is 4.82. The molecule has 2 saturated heterocycles. The number of nitrogens with one attached hydrogen (secondary N) is 5. The van der Waals surface area contributed by atoms with Gasteiger partial charge in [-0.25, -0.2) is 0 Å². The van der Waals surface area contributed by atoms with Crippen molar-refractivity contribution < 1.29 is 14.4 Å². The number of rotatable bonds is 4. The second kappa shape index (κ2) is 8.97. The highest BCUT2D eigenvalue weighted by Gasteiger charge is 2.48. The maximum atomic E-state index is 13.1. The van der Waals surface area contributed by atoms with E-state index in [4.69, 9.17) is 23.2 Å². The first kappa shape index (κ1) is 22.4. The molecule has 4 atom stereocenters. The molecule has 0 saturated carbocycles. The zero-order valence-corrected chi connectivity index (χ0v) is 19.0. The van der Waals surface area contributed by atoms with Gasteiger partial charge in [-0.3, -0.25) is 19.7 Å². The smallest absolute Gasteiger partial charge is 0.229 e. The van der Waals surface area contributed by atoms with Crippen LogP contribution in [0, 0.1) is 25.7 Å². The number of benzene rings is 2. The van der Waals surface area contributed by atoms with Gasteiger partial charge in [-0.2, -0.15) is 0 Å². The fourth-order valence-electron chi connectivity index (χ4n) is 4.05. The largest absolute Gasteiger partial charge is 0.353 e. The highest BCUT2D eigenvalue weighted by Crippen LogP contribution is 2.29. The Hall–Kier alpha value is -2.81. The normalized spacial score (nSPS) is 24.8. The zero-order chi connectivity index (χ0) is 23.0. The standard InChI is InChI=1S/C22H23Cl2N5O3/c1-10-3-4-11(2)16(5-10)26-20(31)15-9-17(30)27-19-18(15)21(32)29-22(28-19)25-14-7-12(23)6-13(24)8-14/h3-8,15,18-19,22,25,28H,9H2,1-2H3,(H,26,31)(H,27,30)(H,29,32). The van der Waals surface area contributed by atoms with Crippen LogP contribution in [0.2, 0.25) is 10.0 Å². The average Bonchev–Trinajstić information content (AvgIpc) is 2.69. The van der Waals surface area contributed by atoms with Crippen molar-refractivity contribution in [2.24, 2.45) is 11.8 Å². The van der Waals surface area contributed by atoms with Gasteiger partial charge in [-0.15, -0.1) is 0 Å². The highest BCUT2D eigenvalue weighted by atomic mass is 35.5. The average molecular weight is 476 g/mol. The quantitative estimate of drug-likeness (QED) is 0.466. The van der Waals surface area contributed by atoms with Crippen molar-refractivity contribution in [1.29, 1.82) is 0 Å². The maximum absolute atomic E-state index is 13.1. The van der Waals surface area contributed by atoms with E-state index in [1.807, 2.05) is 32.0 Å². The molecule has 8 nitrogen and oxygen atoms in total. The molecule has 0 radical (unpaired) electrons. The van der Waals surface area contributed by atoms with Crippen molar-refractivity contribution >= 4 is 52.3 Å². The number of hydrogen-bond acceptors (Lipinski definition) is 5. The van der Waals surface area contributed by atoms with Crippen molar-refractivity contribution in [3.8, 4) is 0 Å². The second-order valence-corrected chi connectivity index (χ2v) is 8.97. The molecule has 2 heterocycles. The molecule has 32 heavy (non-hydrogen) atoms. The van der Waals surface area contributed by atoms with Gasteiger partial charge >= 0.3 is 0 Å². The summed E-state index contributed by atoms with van der Waals surface area (Å²) in [4.78, 5) is 38.4. The number of aryl methyl sites for hydroxylation is 2. The minimum Gasteiger partial charge on any atom is -0.353 e. The van der Waals surface area contributed by atoms with Gasteiger partial charge in [-0.05, 0) is 49.2 Å². The van der Waals surface area contributed by atoms with E-state index in [0.717, 1.165) is 11.1 Å². The van der Waals surface area contributed by atoms with Gasteiger partial charge in [0.1, 0.15) is 0 Å². The maximum Gasteiger partial charge on any atom is 0.229 e. The molecule has 5 N–H and O–H groups in total. The highest BCUT2D eigenvalue weighted by molar-refractivity contribution is 6.35. The summed E-state index contributed by atoms with van der Waals surface area (Å²) in [5, 5.41) is 15.6. The summed E-state index contributed by atoms with van der Waals surface area (Å²) in [6, 6.07) is 10.6. The first-order valence-electron chi connectivity index (χ1n) is 10.2. The molecule has 3 amide bonds. The molecule has 2 aliphatic heterocycles. The lowest BCUT2D eigenvalue weighted by atomic mass is 9.81. The zero-order valence-electron chi connectivity index (χ0n) is 17.5. The summed E-state index contributed by atoms with van der Waals surface area (Å²) in [6.45, 7) is 3.82. The Balaban J connectivity index is 1.50. The molecular formula is C22H23Cl2N5O3. The van der Waals surface area contributed by atoms with Crippen LogP contribution in [0.3, 0.4) is 0 Å². The van der Waals surface area contributed by atoms with E-state index in [1.165, 1.54) is 0 Å². The number of hydrogen-bond donors (Lipinski definition) is 5. The van der Waals surface area contributed by atoms with Crippen LogP contribution in [-0.4, -0.2) is 30.2 Å². The Morgan fingerprint density at radius 3 is 2.47 bits per heavy atom. The Bertz CT molecular complexity index is 1070. The lowest BCUT2D eigenvalue weighted by molar-refractivity contribution is -0.144. The van der Waals surface area contributed by atoms with E-state index in [2.05, 4.69) is 26.6 Å². The molecule has 4 rings (SSSR count). The Morgan fingerprint density at radius 1 is 1.03 bits per heavy atom.